The van der Waals surface area contributed by atoms with Crippen LogP contribution in [0.3, 0.4) is 0 Å². The van der Waals surface area contributed by atoms with Crippen molar-refractivity contribution < 1.29 is 28.2 Å². The molecule has 6 nitrogen and oxygen atoms in total. The Morgan fingerprint density at radius 1 is 0.878 bits per heavy atom. The maximum absolute atomic E-state index is 12.3. The van der Waals surface area contributed by atoms with E-state index in [-0.39, 0.29) is 23.7 Å². The van der Waals surface area contributed by atoms with Gasteiger partial charge in [-0.15, -0.1) is 11.8 Å². The molecule has 3 aromatic carbocycles. The maximum atomic E-state index is 12.3. The molecule has 1 saturated heterocycles. The highest BCUT2D eigenvalue weighted by molar-refractivity contribution is 7.99. The third kappa shape index (κ3) is 7.68. The SMILES string of the molecule is CC(=O)O[C@H](CO[Si](c1ccccc1)(c1ccccc1)C(C)(C)C)[C@@H]1C[C@@H](OC(C)=O)[C@@H](CSc2ccccc2)O1. The van der Waals surface area contributed by atoms with E-state index in [1.54, 1.807) is 11.8 Å². The Labute approximate surface area is 248 Å². The second-order valence-electron chi connectivity index (χ2n) is 11.3. The molecule has 1 aliphatic heterocycles. The lowest BCUT2D eigenvalue weighted by molar-refractivity contribution is -0.157. The lowest BCUT2D eigenvalue weighted by Gasteiger charge is -2.43. The highest BCUT2D eigenvalue weighted by atomic mass is 32.2. The number of thioether (sulfide) groups is 1. The molecular formula is C33H40O6SSi. The van der Waals surface area contributed by atoms with Crippen LogP contribution in [0, 0.1) is 0 Å². The zero-order chi connectivity index (χ0) is 29.5. The van der Waals surface area contributed by atoms with Crippen molar-refractivity contribution in [1.29, 1.82) is 0 Å². The number of ether oxygens (including phenoxy) is 3. The molecule has 0 bridgehead atoms. The smallest absolute Gasteiger partial charge is 0.303 e. The number of carbonyl (C=O) groups excluding carboxylic acids is 2. The largest absolute Gasteiger partial charge is 0.460 e. The van der Waals surface area contributed by atoms with Gasteiger partial charge in [-0.05, 0) is 27.5 Å². The summed E-state index contributed by atoms with van der Waals surface area (Å²) in [6, 6.07) is 30.7. The molecule has 1 heterocycles. The molecule has 8 heteroatoms. The molecule has 0 amide bonds. The topological polar surface area (TPSA) is 71.1 Å². The zero-order valence-electron chi connectivity index (χ0n) is 24.4. The van der Waals surface area contributed by atoms with Crippen LogP contribution in [0.5, 0.6) is 0 Å². The van der Waals surface area contributed by atoms with E-state index >= 15 is 0 Å². The van der Waals surface area contributed by atoms with Gasteiger partial charge in [0.15, 0.2) is 0 Å². The first-order chi connectivity index (χ1) is 19.6. The molecule has 41 heavy (non-hydrogen) atoms. The fraction of sp³-hybridized carbons (Fsp3) is 0.394. The first-order valence-corrected chi connectivity index (χ1v) is 16.9. The van der Waals surface area contributed by atoms with Gasteiger partial charge in [0, 0.05) is 30.9 Å². The molecule has 0 spiro atoms. The predicted molar refractivity (Wildman–Crippen MR) is 165 cm³/mol. The maximum Gasteiger partial charge on any atom is 0.303 e. The minimum absolute atomic E-state index is 0.156. The number of esters is 2. The van der Waals surface area contributed by atoms with E-state index in [2.05, 4.69) is 45.0 Å². The van der Waals surface area contributed by atoms with Gasteiger partial charge in [-0.3, -0.25) is 9.59 Å². The first kappa shape index (κ1) is 31.0. The number of hydrogen-bond acceptors (Lipinski definition) is 7. The van der Waals surface area contributed by atoms with Crippen molar-refractivity contribution in [2.75, 3.05) is 12.4 Å². The van der Waals surface area contributed by atoms with Crippen molar-refractivity contribution >= 4 is 42.4 Å². The predicted octanol–water partition coefficient (Wildman–Crippen LogP) is 5.38. The Morgan fingerprint density at radius 3 is 1.90 bits per heavy atom. The van der Waals surface area contributed by atoms with Gasteiger partial charge in [-0.1, -0.05) is 99.6 Å². The van der Waals surface area contributed by atoms with E-state index < -0.39 is 32.6 Å². The molecule has 4 rings (SSSR count). The molecule has 1 aliphatic rings. The number of hydrogen-bond donors (Lipinski definition) is 0. The van der Waals surface area contributed by atoms with Crippen molar-refractivity contribution in [1.82, 2.24) is 0 Å². The number of carbonyl (C=O) groups is 2. The number of rotatable bonds is 11. The van der Waals surface area contributed by atoms with Crippen LogP contribution in [0.4, 0.5) is 0 Å². The Balaban J connectivity index is 1.62. The summed E-state index contributed by atoms with van der Waals surface area (Å²) in [5, 5.41) is 2.05. The summed E-state index contributed by atoms with van der Waals surface area (Å²) in [5.41, 5.74) is 0. The molecule has 0 saturated carbocycles. The standard InChI is InChI=1S/C33H40O6SSi/c1-24(34)37-30-21-29(39-32(30)23-40-26-15-9-6-10-16-26)31(38-25(2)35)22-36-41(33(3,4)5,27-17-11-7-12-18-27)28-19-13-8-14-20-28/h6-20,29-32H,21-23H2,1-5H3/t29-,30+,31+,32+/m0/s1. The molecular weight excluding hydrogens is 553 g/mol. The highest BCUT2D eigenvalue weighted by Gasteiger charge is 2.51. The van der Waals surface area contributed by atoms with Crippen molar-refractivity contribution in [2.24, 2.45) is 0 Å². The van der Waals surface area contributed by atoms with Gasteiger partial charge < -0.3 is 18.6 Å². The van der Waals surface area contributed by atoms with Gasteiger partial charge in [-0.2, -0.15) is 0 Å². The average molecular weight is 593 g/mol. The average Bonchev–Trinajstić information content (AvgIpc) is 3.34. The molecule has 218 valence electrons. The van der Waals surface area contributed by atoms with Gasteiger partial charge in [0.1, 0.15) is 24.4 Å². The zero-order valence-corrected chi connectivity index (χ0v) is 26.3. The monoisotopic (exact) mass is 592 g/mol. The van der Waals surface area contributed by atoms with Gasteiger partial charge in [0.05, 0.1) is 6.61 Å². The fourth-order valence-corrected chi connectivity index (χ4v) is 11.1. The van der Waals surface area contributed by atoms with Gasteiger partial charge >= 0.3 is 11.9 Å². The normalized spacial score (nSPS) is 19.9. The second-order valence-corrected chi connectivity index (χ2v) is 16.7. The van der Waals surface area contributed by atoms with Crippen LogP contribution in [-0.2, 0) is 28.2 Å². The van der Waals surface area contributed by atoms with Gasteiger partial charge in [-0.25, -0.2) is 0 Å². The van der Waals surface area contributed by atoms with Crippen molar-refractivity contribution in [3.05, 3.63) is 91.0 Å². The Bertz CT molecular complexity index is 1230. The van der Waals surface area contributed by atoms with Crippen LogP contribution < -0.4 is 10.4 Å². The van der Waals surface area contributed by atoms with E-state index in [9.17, 15) is 9.59 Å². The van der Waals surface area contributed by atoms with Gasteiger partial charge in [0.25, 0.3) is 8.32 Å². The van der Waals surface area contributed by atoms with Crippen molar-refractivity contribution in [3.63, 3.8) is 0 Å². The molecule has 0 radical (unpaired) electrons. The van der Waals surface area contributed by atoms with Crippen LogP contribution in [0.2, 0.25) is 5.04 Å². The summed E-state index contributed by atoms with van der Waals surface area (Å²) >= 11 is 1.64. The summed E-state index contributed by atoms with van der Waals surface area (Å²) in [6.45, 7) is 9.59. The van der Waals surface area contributed by atoms with Crippen molar-refractivity contribution in [2.45, 2.75) is 75.4 Å². The van der Waals surface area contributed by atoms with E-state index in [0.717, 1.165) is 15.3 Å². The summed E-state index contributed by atoms with van der Waals surface area (Å²) in [4.78, 5) is 25.4. The summed E-state index contributed by atoms with van der Waals surface area (Å²) < 4.78 is 25.1. The van der Waals surface area contributed by atoms with E-state index in [4.69, 9.17) is 18.6 Å². The van der Waals surface area contributed by atoms with Gasteiger partial charge in [0.2, 0.25) is 0 Å². The molecule has 0 aromatic heterocycles. The summed E-state index contributed by atoms with van der Waals surface area (Å²) in [6.07, 6.45) is -1.52. The Kier molecular flexibility index (Phi) is 10.5. The molecule has 0 aliphatic carbocycles. The molecule has 0 unspecified atom stereocenters. The molecule has 3 aromatic rings. The van der Waals surface area contributed by atoms with Crippen molar-refractivity contribution in [3.8, 4) is 0 Å². The van der Waals surface area contributed by atoms with Crippen LogP contribution in [0.15, 0.2) is 95.9 Å². The third-order valence-electron chi connectivity index (χ3n) is 7.32. The highest BCUT2D eigenvalue weighted by Crippen LogP contribution is 2.38. The van der Waals surface area contributed by atoms with Crippen LogP contribution >= 0.6 is 11.8 Å². The number of benzene rings is 3. The van der Waals surface area contributed by atoms with Crippen LogP contribution in [0.1, 0.15) is 41.0 Å². The fourth-order valence-electron chi connectivity index (χ4n) is 5.57. The molecule has 0 N–H and O–H groups in total. The minimum atomic E-state index is -2.87. The van der Waals surface area contributed by atoms with E-state index in [1.165, 1.54) is 13.8 Å². The lowest BCUT2D eigenvalue weighted by Crippen LogP contribution is -2.67. The van der Waals surface area contributed by atoms with E-state index in [0.29, 0.717) is 12.2 Å². The van der Waals surface area contributed by atoms with Crippen LogP contribution in [-0.4, -0.2) is 57.0 Å². The second kappa shape index (κ2) is 13.8. The lowest BCUT2D eigenvalue weighted by atomic mass is 10.1. The Morgan fingerprint density at radius 2 is 1.41 bits per heavy atom. The summed E-state index contributed by atoms with van der Waals surface area (Å²) in [5.74, 6) is -0.168. The Hall–Kier alpha value is -2.91. The minimum Gasteiger partial charge on any atom is -0.460 e. The molecule has 4 atom stereocenters. The van der Waals surface area contributed by atoms with Crippen LogP contribution in [0.25, 0.3) is 0 Å². The van der Waals surface area contributed by atoms with E-state index in [1.807, 2.05) is 66.7 Å². The molecule has 1 fully saturated rings. The third-order valence-corrected chi connectivity index (χ3v) is 13.4. The summed E-state index contributed by atoms with van der Waals surface area (Å²) in [7, 11) is -2.87. The quantitative estimate of drug-likeness (QED) is 0.168. The first-order valence-electron chi connectivity index (χ1n) is 14.0.